The second-order valence-electron chi connectivity index (χ2n) is 5.35. The monoisotopic (exact) mass is 238 g/mol. The van der Waals surface area contributed by atoms with Crippen molar-refractivity contribution in [2.75, 3.05) is 13.2 Å². The van der Waals surface area contributed by atoms with Gasteiger partial charge in [0.15, 0.2) is 6.29 Å². The van der Waals surface area contributed by atoms with Gasteiger partial charge in [-0.3, -0.25) is 0 Å². The molecule has 2 nitrogen and oxygen atoms in total. The second-order valence-corrected chi connectivity index (χ2v) is 5.35. The largest absolute Gasteiger partial charge is 0.350 e. The summed E-state index contributed by atoms with van der Waals surface area (Å²) in [5, 5.41) is 0. The molecule has 1 aliphatic carbocycles. The highest BCUT2D eigenvalue weighted by molar-refractivity contribution is 5.05. The van der Waals surface area contributed by atoms with Crippen LogP contribution in [0, 0.1) is 5.92 Å². The number of allylic oxidation sites excluding steroid dienone is 1. The fourth-order valence-corrected chi connectivity index (χ4v) is 2.84. The first-order chi connectivity index (χ1) is 8.38. The third-order valence-corrected chi connectivity index (χ3v) is 4.00. The van der Waals surface area contributed by atoms with Gasteiger partial charge >= 0.3 is 0 Å². The Hall–Kier alpha value is -0.340. The zero-order valence-corrected chi connectivity index (χ0v) is 11.1. The van der Waals surface area contributed by atoms with Crippen molar-refractivity contribution in [3.8, 4) is 0 Å². The van der Waals surface area contributed by atoms with Crippen LogP contribution in [0.1, 0.15) is 58.3 Å². The standard InChI is InChI=1S/C15H26O2/c1-2-3-4-13-5-7-14(8-6-13)9-10-15-16-11-12-17-15/h9,13,15H,2-8,10-12H2,1H3. The van der Waals surface area contributed by atoms with Crippen LogP contribution in [0.4, 0.5) is 0 Å². The second kappa shape index (κ2) is 7.17. The smallest absolute Gasteiger partial charge is 0.161 e. The first-order valence-corrected chi connectivity index (χ1v) is 7.29. The predicted octanol–water partition coefficient (Wildman–Crippen LogP) is 4.06. The van der Waals surface area contributed by atoms with Gasteiger partial charge in [-0.25, -0.2) is 0 Å². The van der Waals surface area contributed by atoms with Gasteiger partial charge in [-0.15, -0.1) is 0 Å². The molecule has 17 heavy (non-hydrogen) atoms. The summed E-state index contributed by atoms with van der Waals surface area (Å²) in [4.78, 5) is 0. The molecule has 0 aromatic carbocycles. The molecule has 1 heterocycles. The van der Waals surface area contributed by atoms with Gasteiger partial charge in [0, 0.05) is 6.42 Å². The van der Waals surface area contributed by atoms with Gasteiger partial charge in [0.1, 0.15) is 0 Å². The fraction of sp³-hybridized carbons (Fsp3) is 0.867. The normalized spacial score (nSPS) is 26.4. The Labute approximate surface area is 105 Å². The quantitative estimate of drug-likeness (QED) is 0.673. The minimum absolute atomic E-state index is 0.0420. The lowest BCUT2D eigenvalue weighted by molar-refractivity contribution is -0.0382. The van der Waals surface area contributed by atoms with Crippen LogP contribution < -0.4 is 0 Å². The van der Waals surface area contributed by atoms with Crippen LogP contribution in [0.5, 0.6) is 0 Å². The van der Waals surface area contributed by atoms with Gasteiger partial charge in [-0.05, 0) is 31.6 Å². The van der Waals surface area contributed by atoms with E-state index in [1.807, 2.05) is 0 Å². The molecule has 2 fully saturated rings. The van der Waals surface area contributed by atoms with Gasteiger partial charge in [0.25, 0.3) is 0 Å². The van der Waals surface area contributed by atoms with Crippen LogP contribution in [0.15, 0.2) is 11.6 Å². The highest BCUT2D eigenvalue weighted by atomic mass is 16.7. The summed E-state index contributed by atoms with van der Waals surface area (Å²) < 4.78 is 10.9. The van der Waals surface area contributed by atoms with E-state index in [4.69, 9.17) is 9.47 Å². The third kappa shape index (κ3) is 4.44. The van der Waals surface area contributed by atoms with Crippen molar-refractivity contribution in [2.45, 2.75) is 64.6 Å². The topological polar surface area (TPSA) is 18.5 Å². The molecule has 2 heteroatoms. The van der Waals surface area contributed by atoms with E-state index in [2.05, 4.69) is 13.0 Å². The molecule has 1 aliphatic heterocycles. The molecular formula is C15H26O2. The lowest BCUT2D eigenvalue weighted by atomic mass is 9.83. The average molecular weight is 238 g/mol. The maximum Gasteiger partial charge on any atom is 0.161 e. The molecule has 2 rings (SSSR count). The molecule has 1 saturated heterocycles. The Morgan fingerprint density at radius 2 is 1.88 bits per heavy atom. The first kappa shape index (κ1) is 13.1. The van der Waals surface area contributed by atoms with Crippen LogP contribution in [-0.4, -0.2) is 19.5 Å². The molecule has 0 aromatic heterocycles. The maximum absolute atomic E-state index is 5.45. The summed E-state index contributed by atoms with van der Waals surface area (Å²) in [6.07, 6.45) is 13.0. The van der Waals surface area contributed by atoms with Crippen LogP contribution in [0.3, 0.4) is 0 Å². The summed E-state index contributed by atoms with van der Waals surface area (Å²) in [6.45, 7) is 3.83. The highest BCUT2D eigenvalue weighted by Crippen LogP contribution is 2.31. The minimum Gasteiger partial charge on any atom is -0.350 e. The summed E-state index contributed by atoms with van der Waals surface area (Å²) in [6, 6.07) is 0. The van der Waals surface area contributed by atoms with E-state index >= 15 is 0 Å². The lowest BCUT2D eigenvalue weighted by Gasteiger charge is -2.24. The number of ether oxygens (including phenoxy) is 2. The number of unbranched alkanes of at least 4 members (excludes halogenated alkanes) is 1. The summed E-state index contributed by atoms with van der Waals surface area (Å²) >= 11 is 0. The lowest BCUT2D eigenvalue weighted by Crippen LogP contribution is -2.10. The molecule has 0 aromatic rings. The van der Waals surface area contributed by atoms with Gasteiger partial charge < -0.3 is 9.47 Å². The predicted molar refractivity (Wildman–Crippen MR) is 69.9 cm³/mol. The Morgan fingerprint density at radius 1 is 1.18 bits per heavy atom. The van der Waals surface area contributed by atoms with Gasteiger partial charge in [0.05, 0.1) is 13.2 Å². The number of hydrogen-bond donors (Lipinski definition) is 0. The van der Waals surface area contributed by atoms with Crippen LogP contribution >= 0.6 is 0 Å². The van der Waals surface area contributed by atoms with Crippen LogP contribution in [0.25, 0.3) is 0 Å². The minimum atomic E-state index is 0.0420. The Morgan fingerprint density at radius 3 is 2.53 bits per heavy atom. The number of rotatable bonds is 5. The molecule has 98 valence electrons. The van der Waals surface area contributed by atoms with Gasteiger partial charge in [-0.1, -0.05) is 37.8 Å². The zero-order valence-electron chi connectivity index (χ0n) is 11.1. The molecule has 0 N–H and O–H groups in total. The molecule has 0 spiro atoms. The molecule has 0 atom stereocenters. The van der Waals surface area contributed by atoms with E-state index in [1.165, 1.54) is 44.9 Å². The van der Waals surface area contributed by atoms with E-state index in [0.29, 0.717) is 0 Å². The maximum atomic E-state index is 5.45. The fourth-order valence-electron chi connectivity index (χ4n) is 2.84. The van der Waals surface area contributed by atoms with E-state index in [0.717, 1.165) is 25.6 Å². The summed E-state index contributed by atoms with van der Waals surface area (Å²) in [7, 11) is 0. The van der Waals surface area contributed by atoms with E-state index in [1.54, 1.807) is 5.57 Å². The first-order valence-electron chi connectivity index (χ1n) is 7.29. The van der Waals surface area contributed by atoms with Gasteiger partial charge in [0.2, 0.25) is 0 Å². The van der Waals surface area contributed by atoms with E-state index < -0.39 is 0 Å². The van der Waals surface area contributed by atoms with Crippen molar-refractivity contribution in [3.63, 3.8) is 0 Å². The van der Waals surface area contributed by atoms with Gasteiger partial charge in [-0.2, -0.15) is 0 Å². The van der Waals surface area contributed by atoms with Crippen molar-refractivity contribution in [2.24, 2.45) is 5.92 Å². The van der Waals surface area contributed by atoms with Crippen LogP contribution in [-0.2, 0) is 9.47 Å². The van der Waals surface area contributed by atoms with Crippen molar-refractivity contribution in [1.82, 2.24) is 0 Å². The Balaban J connectivity index is 1.65. The highest BCUT2D eigenvalue weighted by Gasteiger charge is 2.18. The van der Waals surface area contributed by atoms with E-state index in [-0.39, 0.29) is 6.29 Å². The Bertz CT molecular complexity index is 231. The molecule has 0 radical (unpaired) electrons. The molecule has 0 amide bonds. The van der Waals surface area contributed by atoms with Crippen molar-refractivity contribution in [3.05, 3.63) is 11.6 Å². The summed E-state index contributed by atoms with van der Waals surface area (Å²) in [5.41, 5.74) is 1.64. The van der Waals surface area contributed by atoms with Crippen molar-refractivity contribution in [1.29, 1.82) is 0 Å². The SMILES string of the molecule is CCCCC1CCC(=CCC2OCCO2)CC1. The molecule has 0 unspecified atom stereocenters. The zero-order chi connectivity index (χ0) is 11.9. The van der Waals surface area contributed by atoms with Crippen molar-refractivity contribution >= 4 is 0 Å². The van der Waals surface area contributed by atoms with E-state index in [9.17, 15) is 0 Å². The molecule has 0 bridgehead atoms. The van der Waals surface area contributed by atoms with Crippen molar-refractivity contribution < 1.29 is 9.47 Å². The van der Waals surface area contributed by atoms with Crippen LogP contribution in [0.2, 0.25) is 0 Å². The average Bonchev–Trinajstić information content (AvgIpc) is 2.88. The third-order valence-electron chi connectivity index (χ3n) is 4.00. The summed E-state index contributed by atoms with van der Waals surface area (Å²) in [5.74, 6) is 0.992. The molecule has 1 saturated carbocycles. The number of hydrogen-bond acceptors (Lipinski definition) is 2. The molecule has 2 aliphatic rings. The molecular weight excluding hydrogens is 212 g/mol. The Kier molecular flexibility index (Phi) is 5.53.